The number of carboxylic acids is 1. The topological polar surface area (TPSA) is 66.8 Å². The Hall–Kier alpha value is -2.96. The minimum Gasteiger partial charge on any atom is -0.479 e. The maximum Gasteiger partial charge on any atom is 0.416 e. The molecule has 0 aliphatic heterocycles. The molecule has 1 atom stereocenters. The van der Waals surface area contributed by atoms with Gasteiger partial charge in [-0.2, -0.15) is 0 Å². The number of carboxylic acid groups (broad SMARTS) is 1. The van der Waals surface area contributed by atoms with Crippen LogP contribution in [0.3, 0.4) is 0 Å². The van der Waals surface area contributed by atoms with E-state index >= 15 is 0 Å². The number of hydrogen-bond donors (Lipinski definition) is 1. The number of rotatable bonds is 4. The van der Waals surface area contributed by atoms with E-state index in [4.69, 9.17) is 4.74 Å². The molecule has 2 aromatic carbocycles. The number of carbonyl (C=O) groups is 2. The SMILES string of the molecule is CC(C)(C)OC(=O)N(c1ccc(F)cc1)[C@](C)(C(=O)O)c1ccc(F)cc1. The molecule has 0 heterocycles. The summed E-state index contributed by atoms with van der Waals surface area (Å²) in [4.78, 5) is 26.1. The van der Waals surface area contributed by atoms with Crippen molar-refractivity contribution < 1.29 is 28.2 Å². The molecule has 1 N–H and O–H groups in total. The van der Waals surface area contributed by atoms with Crippen LogP contribution in [0.4, 0.5) is 19.3 Å². The van der Waals surface area contributed by atoms with E-state index in [1.165, 1.54) is 31.2 Å². The Labute approximate surface area is 156 Å². The van der Waals surface area contributed by atoms with Crippen LogP contribution in [0.25, 0.3) is 0 Å². The van der Waals surface area contributed by atoms with Crippen molar-refractivity contribution in [2.45, 2.75) is 38.8 Å². The molecule has 27 heavy (non-hydrogen) atoms. The average molecular weight is 377 g/mol. The predicted octanol–water partition coefficient (Wildman–Crippen LogP) is 4.71. The zero-order valence-corrected chi connectivity index (χ0v) is 15.5. The number of benzene rings is 2. The maximum atomic E-state index is 13.4. The van der Waals surface area contributed by atoms with E-state index in [9.17, 15) is 23.5 Å². The Bertz CT molecular complexity index is 829. The van der Waals surface area contributed by atoms with Crippen molar-refractivity contribution in [2.75, 3.05) is 4.90 Å². The molecule has 0 saturated heterocycles. The van der Waals surface area contributed by atoms with Gasteiger partial charge in [-0.1, -0.05) is 12.1 Å². The second kappa shape index (κ2) is 7.34. The smallest absolute Gasteiger partial charge is 0.416 e. The Kier molecular flexibility index (Phi) is 5.54. The van der Waals surface area contributed by atoms with Crippen molar-refractivity contribution >= 4 is 17.7 Å². The fourth-order valence-electron chi connectivity index (χ4n) is 2.57. The average Bonchev–Trinajstić information content (AvgIpc) is 2.55. The Morgan fingerprint density at radius 3 is 1.74 bits per heavy atom. The van der Waals surface area contributed by atoms with Crippen molar-refractivity contribution in [3.63, 3.8) is 0 Å². The molecule has 0 saturated carbocycles. The maximum absolute atomic E-state index is 13.4. The summed E-state index contributed by atoms with van der Waals surface area (Å²) in [5, 5.41) is 9.97. The van der Waals surface area contributed by atoms with E-state index < -0.39 is 34.8 Å². The highest BCUT2D eigenvalue weighted by molar-refractivity contribution is 5.98. The van der Waals surface area contributed by atoms with E-state index in [1.807, 2.05) is 0 Å². The number of amides is 1. The van der Waals surface area contributed by atoms with Crippen LogP contribution in [0.1, 0.15) is 33.3 Å². The second-order valence-electron chi connectivity index (χ2n) is 7.18. The Balaban J connectivity index is 2.67. The van der Waals surface area contributed by atoms with Gasteiger partial charge in [0.05, 0.1) is 0 Å². The van der Waals surface area contributed by atoms with Gasteiger partial charge in [-0.25, -0.2) is 18.4 Å². The molecule has 1 amide bonds. The van der Waals surface area contributed by atoms with Gasteiger partial charge in [0.2, 0.25) is 0 Å². The van der Waals surface area contributed by atoms with Crippen molar-refractivity contribution in [3.05, 3.63) is 65.7 Å². The lowest BCUT2D eigenvalue weighted by molar-refractivity contribution is -0.143. The van der Waals surface area contributed by atoms with Gasteiger partial charge in [-0.3, -0.25) is 4.90 Å². The number of carbonyl (C=O) groups excluding carboxylic acids is 1. The summed E-state index contributed by atoms with van der Waals surface area (Å²) in [6.07, 6.45) is -0.927. The van der Waals surface area contributed by atoms with Crippen molar-refractivity contribution in [2.24, 2.45) is 0 Å². The number of anilines is 1. The van der Waals surface area contributed by atoms with Gasteiger partial charge >= 0.3 is 12.1 Å². The van der Waals surface area contributed by atoms with Crippen LogP contribution in [0, 0.1) is 11.6 Å². The summed E-state index contributed by atoms with van der Waals surface area (Å²) < 4.78 is 32.1. The monoisotopic (exact) mass is 377 g/mol. The van der Waals surface area contributed by atoms with Gasteiger partial charge in [0.15, 0.2) is 5.54 Å². The highest BCUT2D eigenvalue weighted by Crippen LogP contribution is 2.35. The molecule has 5 nitrogen and oxygen atoms in total. The van der Waals surface area contributed by atoms with Crippen molar-refractivity contribution in [3.8, 4) is 0 Å². The fraction of sp³-hybridized carbons (Fsp3) is 0.300. The summed E-state index contributed by atoms with van der Waals surface area (Å²) in [6, 6.07) is 9.56. The summed E-state index contributed by atoms with van der Waals surface area (Å²) in [6.45, 7) is 6.23. The van der Waals surface area contributed by atoms with E-state index in [0.29, 0.717) is 0 Å². The third-order valence-electron chi connectivity index (χ3n) is 3.93. The molecule has 0 bridgehead atoms. The van der Waals surface area contributed by atoms with Crippen molar-refractivity contribution in [1.29, 1.82) is 0 Å². The lowest BCUT2D eigenvalue weighted by Gasteiger charge is -2.39. The quantitative estimate of drug-likeness (QED) is 0.838. The molecule has 0 fully saturated rings. The van der Waals surface area contributed by atoms with Gasteiger partial charge in [0, 0.05) is 5.69 Å². The van der Waals surface area contributed by atoms with Crippen LogP contribution < -0.4 is 4.90 Å². The molecule has 0 aromatic heterocycles. The number of nitrogens with zero attached hydrogens (tertiary/aromatic N) is 1. The first-order valence-electron chi connectivity index (χ1n) is 8.23. The van der Waals surface area contributed by atoms with E-state index in [0.717, 1.165) is 29.2 Å². The van der Waals surface area contributed by atoms with Crippen LogP contribution in [-0.4, -0.2) is 22.8 Å². The third kappa shape index (κ3) is 4.42. The van der Waals surface area contributed by atoms with E-state index in [1.54, 1.807) is 20.8 Å². The molecular formula is C20H21F2NO4. The number of halogens is 2. The summed E-state index contributed by atoms with van der Waals surface area (Å²) in [5.41, 5.74) is -2.53. The number of ether oxygens (including phenoxy) is 1. The molecule has 7 heteroatoms. The molecule has 0 aliphatic carbocycles. The van der Waals surface area contributed by atoms with E-state index in [2.05, 4.69) is 0 Å². The number of aliphatic carboxylic acids is 1. The molecule has 2 rings (SSSR count). The van der Waals surface area contributed by atoms with Gasteiger partial charge in [0.25, 0.3) is 0 Å². The van der Waals surface area contributed by atoms with Gasteiger partial charge in [-0.15, -0.1) is 0 Å². The highest BCUT2D eigenvalue weighted by atomic mass is 19.1. The molecule has 2 aromatic rings. The third-order valence-corrected chi connectivity index (χ3v) is 3.93. The summed E-state index contributed by atoms with van der Waals surface area (Å²) >= 11 is 0. The standard InChI is InChI=1S/C20H21F2NO4/c1-19(2,3)27-18(26)23(16-11-9-15(22)10-12-16)20(4,17(24)25)13-5-7-14(21)8-6-13/h5-12H,1-4H3,(H,24,25)/t20-/m0/s1. The predicted molar refractivity (Wildman–Crippen MR) is 96.5 cm³/mol. The lowest BCUT2D eigenvalue weighted by Crippen LogP contribution is -2.54. The first-order valence-corrected chi connectivity index (χ1v) is 8.23. The molecule has 0 spiro atoms. The second-order valence-corrected chi connectivity index (χ2v) is 7.18. The van der Waals surface area contributed by atoms with Crippen LogP contribution in [0.2, 0.25) is 0 Å². The number of hydrogen-bond acceptors (Lipinski definition) is 3. The molecule has 0 radical (unpaired) electrons. The molecular weight excluding hydrogens is 356 g/mol. The van der Waals surface area contributed by atoms with Gasteiger partial charge in [-0.05, 0) is 69.7 Å². The van der Waals surface area contributed by atoms with Crippen LogP contribution in [-0.2, 0) is 15.1 Å². The normalized spacial score (nSPS) is 13.6. The van der Waals surface area contributed by atoms with E-state index in [-0.39, 0.29) is 11.3 Å². The Morgan fingerprint density at radius 1 is 0.889 bits per heavy atom. The Morgan fingerprint density at radius 2 is 1.33 bits per heavy atom. The molecule has 0 aliphatic rings. The van der Waals surface area contributed by atoms with Crippen LogP contribution in [0.5, 0.6) is 0 Å². The zero-order valence-electron chi connectivity index (χ0n) is 15.5. The largest absolute Gasteiger partial charge is 0.479 e. The van der Waals surface area contributed by atoms with Crippen molar-refractivity contribution in [1.82, 2.24) is 0 Å². The van der Waals surface area contributed by atoms with Gasteiger partial charge in [0.1, 0.15) is 17.2 Å². The molecule has 144 valence electrons. The zero-order chi connectivity index (χ0) is 20.4. The lowest BCUT2D eigenvalue weighted by atomic mass is 9.89. The minimum atomic E-state index is -1.92. The van der Waals surface area contributed by atoms with Gasteiger partial charge < -0.3 is 9.84 Å². The summed E-state index contributed by atoms with van der Waals surface area (Å²) in [5.74, 6) is -2.44. The van der Waals surface area contributed by atoms with Crippen LogP contribution >= 0.6 is 0 Å². The molecule has 0 unspecified atom stereocenters. The first kappa shape index (κ1) is 20.4. The minimum absolute atomic E-state index is 0.125. The highest BCUT2D eigenvalue weighted by Gasteiger charge is 2.46. The van der Waals surface area contributed by atoms with Crippen LogP contribution in [0.15, 0.2) is 48.5 Å². The summed E-state index contributed by atoms with van der Waals surface area (Å²) in [7, 11) is 0. The fourth-order valence-corrected chi connectivity index (χ4v) is 2.57. The first-order chi connectivity index (χ1) is 12.4.